The zero-order chi connectivity index (χ0) is 14.0. The van der Waals surface area contributed by atoms with Gasteiger partial charge in [0.1, 0.15) is 0 Å². The predicted molar refractivity (Wildman–Crippen MR) is 76.2 cm³/mol. The van der Waals surface area contributed by atoms with Crippen molar-refractivity contribution in [3.8, 4) is 0 Å². The van der Waals surface area contributed by atoms with Gasteiger partial charge in [0.15, 0.2) is 11.1 Å². The molecule has 1 aromatic carbocycles. The van der Waals surface area contributed by atoms with E-state index < -0.39 is 6.29 Å². The van der Waals surface area contributed by atoms with E-state index in [1.54, 1.807) is 18.2 Å². The van der Waals surface area contributed by atoms with Crippen molar-refractivity contribution in [2.24, 2.45) is 0 Å². The van der Waals surface area contributed by atoms with Gasteiger partial charge in [-0.1, -0.05) is 11.6 Å². The third kappa shape index (κ3) is 2.87. The lowest BCUT2D eigenvalue weighted by molar-refractivity contribution is -0.111. The van der Waals surface area contributed by atoms with Crippen LogP contribution in [0.5, 0.6) is 0 Å². The van der Waals surface area contributed by atoms with E-state index in [-0.39, 0.29) is 12.1 Å². The van der Waals surface area contributed by atoms with E-state index in [4.69, 9.17) is 33.3 Å². The van der Waals surface area contributed by atoms with E-state index in [9.17, 15) is 4.79 Å². The van der Waals surface area contributed by atoms with Crippen molar-refractivity contribution in [1.82, 2.24) is 9.55 Å². The molecular formula is C12H13ClN2O3S. The van der Waals surface area contributed by atoms with Gasteiger partial charge in [0, 0.05) is 19.2 Å². The average molecular weight is 301 g/mol. The molecule has 0 aliphatic rings. The highest BCUT2D eigenvalue weighted by molar-refractivity contribution is 7.71. The quantitative estimate of drug-likeness (QED) is 0.695. The largest absolute Gasteiger partial charge is 0.354 e. The highest BCUT2D eigenvalue weighted by Crippen LogP contribution is 2.14. The summed E-state index contributed by atoms with van der Waals surface area (Å²) in [5, 5.41) is 1.06. The molecule has 2 aromatic rings. The number of methoxy groups -OCH3 is 2. The molecule has 0 radical (unpaired) electrons. The summed E-state index contributed by atoms with van der Waals surface area (Å²) in [5.41, 5.74) is 0.416. The second kappa shape index (κ2) is 5.83. The van der Waals surface area contributed by atoms with Gasteiger partial charge in [-0.25, -0.2) is 0 Å². The summed E-state index contributed by atoms with van der Waals surface area (Å²) in [6, 6.07) is 5.00. The number of aromatic nitrogens is 2. The Bertz CT molecular complexity index is 706. The fourth-order valence-corrected chi connectivity index (χ4v) is 2.23. The molecule has 0 amide bonds. The number of hydrogen-bond donors (Lipinski definition) is 1. The predicted octanol–water partition coefficient (Wildman–Crippen LogP) is 2.33. The molecule has 0 aliphatic carbocycles. The van der Waals surface area contributed by atoms with Gasteiger partial charge in [-0.2, -0.15) is 0 Å². The second-order valence-corrected chi connectivity index (χ2v) is 4.76. The van der Waals surface area contributed by atoms with Crippen LogP contribution >= 0.6 is 23.8 Å². The Balaban J connectivity index is 2.60. The smallest absolute Gasteiger partial charge is 0.262 e. The van der Waals surface area contributed by atoms with Gasteiger partial charge in [-0.15, -0.1) is 0 Å². The highest BCUT2D eigenvalue weighted by atomic mass is 35.5. The van der Waals surface area contributed by atoms with E-state index in [0.29, 0.717) is 20.7 Å². The van der Waals surface area contributed by atoms with E-state index in [1.165, 1.54) is 18.8 Å². The maximum absolute atomic E-state index is 12.4. The van der Waals surface area contributed by atoms with Gasteiger partial charge in [0.25, 0.3) is 5.56 Å². The number of ether oxygens (including phenoxy) is 2. The zero-order valence-electron chi connectivity index (χ0n) is 10.5. The molecule has 0 fully saturated rings. The monoisotopic (exact) mass is 300 g/mol. The lowest BCUT2D eigenvalue weighted by Gasteiger charge is -2.15. The van der Waals surface area contributed by atoms with E-state index in [0.717, 1.165) is 0 Å². The Kier molecular flexibility index (Phi) is 4.36. The Morgan fingerprint density at radius 2 is 2.11 bits per heavy atom. The summed E-state index contributed by atoms with van der Waals surface area (Å²) >= 11 is 11.1. The summed E-state index contributed by atoms with van der Waals surface area (Å²) in [5.74, 6) is 0. The molecule has 0 aliphatic heterocycles. The van der Waals surface area contributed by atoms with Crippen molar-refractivity contribution in [3.05, 3.63) is 38.3 Å². The molecule has 5 nitrogen and oxygen atoms in total. The van der Waals surface area contributed by atoms with Crippen LogP contribution in [0.2, 0.25) is 5.02 Å². The topological polar surface area (TPSA) is 56.2 Å². The minimum absolute atomic E-state index is 0.200. The molecule has 19 heavy (non-hydrogen) atoms. The molecule has 0 saturated heterocycles. The minimum Gasteiger partial charge on any atom is -0.354 e. The SMILES string of the molecule is COC(Cn1c(=S)[nH]c2cc(Cl)ccc2c1=O)OC. The summed E-state index contributed by atoms with van der Waals surface area (Å²) in [6.45, 7) is 0.222. The van der Waals surface area contributed by atoms with Gasteiger partial charge in [0.05, 0.1) is 17.4 Å². The number of hydrogen-bond acceptors (Lipinski definition) is 4. The Morgan fingerprint density at radius 3 is 2.74 bits per heavy atom. The number of halogens is 1. The van der Waals surface area contributed by atoms with Gasteiger partial charge < -0.3 is 14.5 Å². The number of H-pyrrole nitrogens is 1. The average Bonchev–Trinajstić information content (AvgIpc) is 2.38. The van der Waals surface area contributed by atoms with Crippen LogP contribution in [-0.4, -0.2) is 30.1 Å². The molecule has 1 aromatic heterocycles. The molecule has 0 spiro atoms. The van der Waals surface area contributed by atoms with Crippen LogP contribution in [0.3, 0.4) is 0 Å². The van der Waals surface area contributed by atoms with Crippen LogP contribution in [-0.2, 0) is 16.0 Å². The maximum Gasteiger partial charge on any atom is 0.262 e. The Labute approximate surface area is 119 Å². The number of nitrogens with zero attached hydrogens (tertiary/aromatic N) is 1. The molecule has 1 heterocycles. The van der Waals surface area contributed by atoms with Crippen LogP contribution in [0.25, 0.3) is 10.9 Å². The van der Waals surface area contributed by atoms with Crippen LogP contribution in [0.15, 0.2) is 23.0 Å². The van der Waals surface area contributed by atoms with Crippen molar-refractivity contribution in [2.45, 2.75) is 12.8 Å². The van der Waals surface area contributed by atoms with E-state index in [1.807, 2.05) is 0 Å². The number of benzene rings is 1. The molecule has 1 N–H and O–H groups in total. The second-order valence-electron chi connectivity index (χ2n) is 3.94. The number of rotatable bonds is 4. The maximum atomic E-state index is 12.4. The van der Waals surface area contributed by atoms with Crippen LogP contribution in [0, 0.1) is 4.77 Å². The number of aromatic amines is 1. The highest BCUT2D eigenvalue weighted by Gasteiger charge is 2.11. The molecule has 0 atom stereocenters. The first kappa shape index (κ1) is 14.2. The third-order valence-corrected chi connectivity index (χ3v) is 3.36. The minimum atomic E-state index is -0.530. The van der Waals surface area contributed by atoms with Gasteiger partial charge in [-0.3, -0.25) is 9.36 Å². The van der Waals surface area contributed by atoms with Crippen LogP contribution in [0.1, 0.15) is 0 Å². The van der Waals surface area contributed by atoms with E-state index in [2.05, 4.69) is 4.98 Å². The number of nitrogens with one attached hydrogen (secondary N) is 1. The first-order chi connectivity index (χ1) is 9.06. The van der Waals surface area contributed by atoms with Gasteiger partial charge in [-0.05, 0) is 30.4 Å². The van der Waals surface area contributed by atoms with Crippen molar-refractivity contribution in [1.29, 1.82) is 0 Å². The molecule has 0 unspecified atom stereocenters. The zero-order valence-corrected chi connectivity index (χ0v) is 12.0. The third-order valence-electron chi connectivity index (χ3n) is 2.80. The van der Waals surface area contributed by atoms with Crippen LogP contribution in [0.4, 0.5) is 0 Å². The van der Waals surface area contributed by atoms with Crippen molar-refractivity contribution in [3.63, 3.8) is 0 Å². The summed E-state index contributed by atoms with van der Waals surface area (Å²) in [7, 11) is 3.01. The normalized spacial score (nSPS) is 11.4. The lowest BCUT2D eigenvalue weighted by Crippen LogP contribution is -2.30. The first-order valence-corrected chi connectivity index (χ1v) is 6.33. The summed E-state index contributed by atoms with van der Waals surface area (Å²) < 4.78 is 11.9. The molecule has 102 valence electrons. The molecule has 0 bridgehead atoms. The summed E-state index contributed by atoms with van der Waals surface area (Å²) in [6.07, 6.45) is -0.530. The Morgan fingerprint density at radius 1 is 1.42 bits per heavy atom. The fourth-order valence-electron chi connectivity index (χ4n) is 1.79. The molecular weight excluding hydrogens is 288 g/mol. The van der Waals surface area contributed by atoms with Gasteiger partial charge in [0.2, 0.25) is 0 Å². The summed E-state index contributed by atoms with van der Waals surface area (Å²) in [4.78, 5) is 15.3. The van der Waals surface area contributed by atoms with Gasteiger partial charge >= 0.3 is 0 Å². The van der Waals surface area contributed by atoms with Crippen LogP contribution < -0.4 is 5.56 Å². The van der Waals surface area contributed by atoms with Crippen molar-refractivity contribution in [2.75, 3.05) is 14.2 Å². The van der Waals surface area contributed by atoms with E-state index >= 15 is 0 Å². The standard InChI is InChI=1S/C12H13ClN2O3S/c1-17-10(18-2)6-15-11(16)8-4-3-7(13)5-9(8)14-12(15)19/h3-5,10H,6H2,1-2H3,(H,14,19). The van der Waals surface area contributed by atoms with Crippen molar-refractivity contribution < 1.29 is 9.47 Å². The molecule has 7 heteroatoms. The Hall–Kier alpha value is -1.21. The van der Waals surface area contributed by atoms with Crippen molar-refractivity contribution >= 4 is 34.7 Å². The first-order valence-electron chi connectivity index (χ1n) is 5.54. The molecule has 2 rings (SSSR count). The molecule has 0 saturated carbocycles. The lowest BCUT2D eigenvalue weighted by atomic mass is 10.2. The number of fused-ring (bicyclic) bond motifs is 1. The fraction of sp³-hybridized carbons (Fsp3) is 0.333.